The van der Waals surface area contributed by atoms with Crippen LogP contribution in [-0.4, -0.2) is 41.6 Å². The molecule has 0 saturated carbocycles. The van der Waals surface area contributed by atoms with E-state index in [2.05, 4.69) is 5.32 Å². The Morgan fingerprint density at radius 2 is 1.95 bits per heavy atom. The van der Waals surface area contributed by atoms with Crippen molar-refractivity contribution in [1.82, 2.24) is 10.2 Å². The summed E-state index contributed by atoms with van der Waals surface area (Å²) in [6.07, 6.45) is 1.35. The van der Waals surface area contributed by atoms with Crippen LogP contribution in [0, 0.1) is 0 Å². The van der Waals surface area contributed by atoms with Gasteiger partial charge in [0.2, 0.25) is 0 Å². The summed E-state index contributed by atoms with van der Waals surface area (Å²) in [7, 11) is 0. The van der Waals surface area contributed by atoms with E-state index in [0.29, 0.717) is 26.1 Å². The van der Waals surface area contributed by atoms with E-state index in [9.17, 15) is 9.59 Å². The molecule has 2 amide bonds. The zero-order valence-corrected chi connectivity index (χ0v) is 11.8. The molecular weight excluding hydrogens is 256 g/mol. The zero-order chi connectivity index (χ0) is 14.8. The van der Waals surface area contributed by atoms with Crippen LogP contribution in [0.3, 0.4) is 0 Å². The Balaban J connectivity index is 2.30. The molecule has 1 rings (SSSR count). The maximum Gasteiger partial charge on any atom is 0.317 e. The summed E-state index contributed by atoms with van der Waals surface area (Å²) in [5.41, 5.74) is 1.20. The molecule has 0 spiro atoms. The summed E-state index contributed by atoms with van der Waals surface area (Å²) in [5, 5.41) is 11.3. The first-order valence-electron chi connectivity index (χ1n) is 6.92. The van der Waals surface area contributed by atoms with Crippen LogP contribution in [0.4, 0.5) is 4.79 Å². The van der Waals surface area contributed by atoms with Gasteiger partial charge >= 0.3 is 12.0 Å². The number of rotatable bonds is 8. The van der Waals surface area contributed by atoms with Crippen molar-refractivity contribution in [2.24, 2.45) is 0 Å². The molecule has 2 N–H and O–H groups in total. The molecule has 20 heavy (non-hydrogen) atoms. The Morgan fingerprint density at radius 1 is 1.25 bits per heavy atom. The number of hydrogen-bond donors (Lipinski definition) is 2. The van der Waals surface area contributed by atoms with E-state index in [0.717, 1.165) is 6.42 Å². The Bertz CT molecular complexity index is 420. The van der Waals surface area contributed by atoms with Crippen LogP contribution in [0.15, 0.2) is 30.3 Å². The lowest BCUT2D eigenvalue weighted by Gasteiger charge is -2.21. The van der Waals surface area contributed by atoms with E-state index >= 15 is 0 Å². The topological polar surface area (TPSA) is 69.6 Å². The predicted molar refractivity (Wildman–Crippen MR) is 77.7 cm³/mol. The molecule has 0 bridgehead atoms. The van der Waals surface area contributed by atoms with Crippen molar-refractivity contribution in [2.45, 2.75) is 26.2 Å². The van der Waals surface area contributed by atoms with Crippen molar-refractivity contribution >= 4 is 12.0 Å². The van der Waals surface area contributed by atoms with E-state index in [-0.39, 0.29) is 12.5 Å². The maximum absolute atomic E-state index is 11.9. The van der Waals surface area contributed by atoms with Gasteiger partial charge in [-0.25, -0.2) is 4.79 Å². The number of benzene rings is 1. The highest BCUT2D eigenvalue weighted by atomic mass is 16.4. The lowest BCUT2D eigenvalue weighted by molar-refractivity contribution is -0.137. The summed E-state index contributed by atoms with van der Waals surface area (Å²) in [5.74, 6) is -0.837. The van der Waals surface area contributed by atoms with Crippen molar-refractivity contribution < 1.29 is 14.7 Å². The first-order valence-corrected chi connectivity index (χ1v) is 6.92. The number of nitrogens with one attached hydrogen (secondary N) is 1. The molecule has 0 heterocycles. The summed E-state index contributed by atoms with van der Waals surface area (Å²) < 4.78 is 0. The molecule has 0 aliphatic carbocycles. The van der Waals surface area contributed by atoms with Gasteiger partial charge in [0.1, 0.15) is 0 Å². The molecule has 0 aromatic heterocycles. The summed E-state index contributed by atoms with van der Waals surface area (Å²) in [6.45, 7) is 3.62. The summed E-state index contributed by atoms with van der Waals surface area (Å²) >= 11 is 0. The third-order valence-corrected chi connectivity index (χ3v) is 3.03. The Labute approximate surface area is 119 Å². The van der Waals surface area contributed by atoms with Gasteiger partial charge in [0, 0.05) is 26.1 Å². The molecule has 1 aromatic rings. The van der Waals surface area contributed by atoms with Gasteiger partial charge in [-0.15, -0.1) is 0 Å². The molecule has 0 atom stereocenters. The summed E-state index contributed by atoms with van der Waals surface area (Å²) in [4.78, 5) is 24.0. The molecule has 0 saturated heterocycles. The third kappa shape index (κ3) is 6.22. The molecule has 0 aliphatic heterocycles. The van der Waals surface area contributed by atoms with Crippen LogP contribution >= 0.6 is 0 Å². The molecule has 0 fully saturated rings. The Hall–Kier alpha value is -2.04. The van der Waals surface area contributed by atoms with Crippen molar-refractivity contribution in [3.63, 3.8) is 0 Å². The fraction of sp³-hybridized carbons (Fsp3) is 0.467. The van der Waals surface area contributed by atoms with Crippen molar-refractivity contribution in [2.75, 3.05) is 19.6 Å². The smallest absolute Gasteiger partial charge is 0.317 e. The predicted octanol–water partition coefficient (Wildman–Crippen LogP) is 2.13. The van der Waals surface area contributed by atoms with Gasteiger partial charge in [0.15, 0.2) is 0 Å². The van der Waals surface area contributed by atoms with E-state index in [4.69, 9.17) is 5.11 Å². The van der Waals surface area contributed by atoms with E-state index < -0.39 is 5.97 Å². The molecule has 5 heteroatoms. The molecule has 110 valence electrons. The highest BCUT2D eigenvalue weighted by molar-refractivity contribution is 5.74. The van der Waals surface area contributed by atoms with E-state index in [1.54, 1.807) is 4.90 Å². The Morgan fingerprint density at radius 3 is 2.55 bits per heavy atom. The van der Waals surface area contributed by atoms with Gasteiger partial charge in [-0.1, -0.05) is 30.3 Å². The van der Waals surface area contributed by atoms with E-state index in [1.807, 2.05) is 37.3 Å². The van der Waals surface area contributed by atoms with Gasteiger partial charge in [0.05, 0.1) is 0 Å². The fourth-order valence-corrected chi connectivity index (χ4v) is 1.86. The van der Waals surface area contributed by atoms with Crippen LogP contribution < -0.4 is 5.32 Å². The highest BCUT2D eigenvalue weighted by Gasteiger charge is 2.10. The number of likely N-dealkylation sites (N-methyl/N-ethyl adjacent to an activating group) is 1. The molecule has 0 unspecified atom stereocenters. The minimum atomic E-state index is -0.837. The molecule has 1 aromatic carbocycles. The Kier molecular flexibility index (Phi) is 7.17. The molecule has 5 nitrogen and oxygen atoms in total. The van der Waals surface area contributed by atoms with Crippen LogP contribution in [0.5, 0.6) is 0 Å². The van der Waals surface area contributed by atoms with Gasteiger partial charge < -0.3 is 15.3 Å². The monoisotopic (exact) mass is 278 g/mol. The van der Waals surface area contributed by atoms with Crippen molar-refractivity contribution in [1.29, 1.82) is 0 Å². The second kappa shape index (κ2) is 8.96. The number of carbonyl (C=O) groups excluding carboxylic acids is 1. The number of amides is 2. The van der Waals surface area contributed by atoms with Gasteiger partial charge in [-0.3, -0.25) is 4.79 Å². The standard InChI is InChI=1S/C15H22N2O3/c1-2-17(12-10-13-7-4-3-5-8-13)15(20)16-11-6-9-14(18)19/h3-5,7-8H,2,6,9-12H2,1H3,(H,16,20)(H,18,19). The maximum atomic E-state index is 11.9. The van der Waals surface area contributed by atoms with Gasteiger partial charge in [-0.05, 0) is 25.3 Å². The fourth-order valence-electron chi connectivity index (χ4n) is 1.86. The van der Waals surface area contributed by atoms with Crippen molar-refractivity contribution in [3.05, 3.63) is 35.9 Å². The second-order valence-electron chi connectivity index (χ2n) is 4.54. The lowest BCUT2D eigenvalue weighted by Crippen LogP contribution is -2.41. The minimum Gasteiger partial charge on any atom is -0.481 e. The lowest BCUT2D eigenvalue weighted by atomic mass is 10.1. The average Bonchev–Trinajstić information content (AvgIpc) is 2.45. The number of urea groups is 1. The second-order valence-corrected chi connectivity index (χ2v) is 4.54. The highest BCUT2D eigenvalue weighted by Crippen LogP contribution is 2.01. The largest absolute Gasteiger partial charge is 0.481 e. The summed E-state index contributed by atoms with van der Waals surface area (Å²) in [6, 6.07) is 9.89. The van der Waals surface area contributed by atoms with Gasteiger partial charge in [-0.2, -0.15) is 0 Å². The zero-order valence-electron chi connectivity index (χ0n) is 11.8. The molecule has 0 aliphatic rings. The minimum absolute atomic E-state index is 0.0798. The SMILES string of the molecule is CCN(CCc1ccccc1)C(=O)NCCCC(=O)O. The van der Waals surface area contributed by atoms with Crippen LogP contribution in [-0.2, 0) is 11.2 Å². The van der Waals surface area contributed by atoms with Crippen LogP contribution in [0.1, 0.15) is 25.3 Å². The van der Waals surface area contributed by atoms with E-state index in [1.165, 1.54) is 5.56 Å². The first kappa shape index (κ1) is 16.0. The number of nitrogens with zero attached hydrogens (tertiary/aromatic N) is 1. The molecular formula is C15H22N2O3. The number of carbonyl (C=O) groups is 2. The number of carboxylic acid groups (broad SMARTS) is 1. The number of carboxylic acids is 1. The normalized spacial score (nSPS) is 10.1. The van der Waals surface area contributed by atoms with Gasteiger partial charge in [0.25, 0.3) is 0 Å². The molecule has 0 radical (unpaired) electrons. The van der Waals surface area contributed by atoms with Crippen molar-refractivity contribution in [3.8, 4) is 0 Å². The number of hydrogen-bond acceptors (Lipinski definition) is 2. The average molecular weight is 278 g/mol. The first-order chi connectivity index (χ1) is 9.63. The quantitative estimate of drug-likeness (QED) is 0.716. The van der Waals surface area contributed by atoms with Crippen LogP contribution in [0.2, 0.25) is 0 Å². The number of aliphatic carboxylic acids is 1. The third-order valence-electron chi connectivity index (χ3n) is 3.03. The van der Waals surface area contributed by atoms with Crippen LogP contribution in [0.25, 0.3) is 0 Å².